The van der Waals surface area contributed by atoms with Crippen molar-refractivity contribution in [1.29, 1.82) is 0 Å². The van der Waals surface area contributed by atoms with Gasteiger partial charge in [-0.05, 0) is 32.3 Å². The molecule has 4 aromatic rings. The summed E-state index contributed by atoms with van der Waals surface area (Å²) in [5.41, 5.74) is 3.69. The normalized spacial score (nSPS) is 13.1. The summed E-state index contributed by atoms with van der Waals surface area (Å²) in [4.78, 5) is 19.1. The van der Waals surface area contributed by atoms with Crippen LogP contribution in [0.3, 0.4) is 0 Å². The average molecular weight is 468 g/mol. The Balaban J connectivity index is 1.60. The van der Waals surface area contributed by atoms with Gasteiger partial charge < -0.3 is 4.90 Å². The van der Waals surface area contributed by atoms with Gasteiger partial charge in [-0.15, -0.1) is 0 Å². The first-order valence-electron chi connectivity index (χ1n) is 10.9. The quantitative estimate of drug-likeness (QED) is 0.453. The molecule has 5 rings (SSSR count). The molecule has 0 bridgehead atoms. The minimum absolute atomic E-state index is 0.00623. The Labute approximate surface area is 193 Å². The molecule has 7 nitrogen and oxygen atoms in total. The van der Waals surface area contributed by atoms with E-state index in [1.165, 1.54) is 11.0 Å². The van der Waals surface area contributed by atoms with Crippen molar-refractivity contribution in [2.24, 2.45) is 7.05 Å². The van der Waals surface area contributed by atoms with Crippen LogP contribution in [-0.4, -0.2) is 42.2 Å². The standard InChI is InChI=1S/C24H23F3N6O/c1-13-18(14(2)32(4)29-13)12-31(3)23(34)19-11-20-28-21-16-8-6-5-7-15(16)9-10-17(21)22(24(25,26)27)33(20)30-19/h5-8,11H,9-10,12H2,1-4H3. The molecule has 0 spiro atoms. The number of nitrogens with zero attached hydrogens (tertiary/aromatic N) is 6. The number of carbonyl (C=O) groups excluding carboxylic acids is 1. The van der Waals surface area contributed by atoms with E-state index in [1.807, 2.05) is 33.0 Å². The van der Waals surface area contributed by atoms with E-state index >= 15 is 0 Å². The van der Waals surface area contributed by atoms with Crippen LogP contribution in [-0.2, 0) is 32.6 Å². The molecule has 0 fully saturated rings. The third-order valence-electron chi connectivity index (χ3n) is 6.51. The molecular formula is C24H23F3N6O. The molecule has 0 atom stereocenters. The fourth-order valence-corrected chi connectivity index (χ4v) is 4.67. The Morgan fingerprint density at radius 2 is 1.88 bits per heavy atom. The Hall–Kier alpha value is -3.69. The van der Waals surface area contributed by atoms with Gasteiger partial charge in [0.2, 0.25) is 0 Å². The fourth-order valence-electron chi connectivity index (χ4n) is 4.67. The maximum Gasteiger partial charge on any atom is 0.433 e. The van der Waals surface area contributed by atoms with E-state index in [9.17, 15) is 18.0 Å². The van der Waals surface area contributed by atoms with Crippen molar-refractivity contribution in [2.75, 3.05) is 7.05 Å². The molecule has 0 saturated carbocycles. The van der Waals surface area contributed by atoms with Gasteiger partial charge in [-0.3, -0.25) is 9.48 Å². The lowest BCUT2D eigenvalue weighted by molar-refractivity contribution is -0.143. The lowest BCUT2D eigenvalue weighted by atomic mass is 9.88. The number of hydrogen-bond acceptors (Lipinski definition) is 4. The zero-order valence-corrected chi connectivity index (χ0v) is 19.2. The maximum absolute atomic E-state index is 14.2. The molecular weight excluding hydrogens is 445 g/mol. The van der Waals surface area contributed by atoms with Gasteiger partial charge in [-0.2, -0.15) is 23.4 Å². The van der Waals surface area contributed by atoms with Gasteiger partial charge in [0.1, 0.15) is 0 Å². The number of benzene rings is 1. The smallest absolute Gasteiger partial charge is 0.336 e. The third kappa shape index (κ3) is 3.44. The summed E-state index contributed by atoms with van der Waals surface area (Å²) in [6.07, 6.45) is -3.97. The van der Waals surface area contributed by atoms with E-state index in [0.717, 1.165) is 27.0 Å². The molecule has 1 amide bonds. The van der Waals surface area contributed by atoms with Crippen molar-refractivity contribution in [3.05, 3.63) is 69.8 Å². The summed E-state index contributed by atoms with van der Waals surface area (Å²) in [5, 5.41) is 8.43. The number of rotatable bonds is 3. The molecule has 10 heteroatoms. The fraction of sp³-hybridized carbons (Fsp3) is 0.333. The van der Waals surface area contributed by atoms with Gasteiger partial charge in [-0.25, -0.2) is 9.50 Å². The molecule has 0 saturated heterocycles. The van der Waals surface area contributed by atoms with Gasteiger partial charge in [0.15, 0.2) is 17.0 Å². The molecule has 1 aliphatic rings. The van der Waals surface area contributed by atoms with Gasteiger partial charge in [0, 0.05) is 49.1 Å². The van der Waals surface area contributed by atoms with E-state index in [1.54, 1.807) is 23.9 Å². The van der Waals surface area contributed by atoms with E-state index in [0.29, 0.717) is 17.7 Å². The van der Waals surface area contributed by atoms with Crippen molar-refractivity contribution in [1.82, 2.24) is 29.3 Å². The predicted molar refractivity (Wildman–Crippen MR) is 119 cm³/mol. The lowest BCUT2D eigenvalue weighted by Gasteiger charge is -2.23. The first-order chi connectivity index (χ1) is 16.1. The number of halogens is 3. The number of alkyl halides is 3. The highest BCUT2D eigenvalue weighted by Crippen LogP contribution is 2.40. The summed E-state index contributed by atoms with van der Waals surface area (Å²) < 4.78 is 45.2. The van der Waals surface area contributed by atoms with Crippen molar-refractivity contribution >= 4 is 11.6 Å². The first kappa shape index (κ1) is 22.1. The summed E-state index contributed by atoms with van der Waals surface area (Å²) in [6, 6.07) is 8.67. The van der Waals surface area contributed by atoms with Crippen molar-refractivity contribution in [3.8, 4) is 11.3 Å². The molecule has 34 heavy (non-hydrogen) atoms. The third-order valence-corrected chi connectivity index (χ3v) is 6.51. The van der Waals surface area contributed by atoms with E-state index in [4.69, 9.17) is 0 Å². The van der Waals surface area contributed by atoms with Gasteiger partial charge >= 0.3 is 6.18 Å². The Bertz CT molecular complexity index is 1450. The van der Waals surface area contributed by atoms with E-state index in [-0.39, 0.29) is 29.9 Å². The second-order valence-electron chi connectivity index (χ2n) is 8.68. The maximum atomic E-state index is 14.2. The van der Waals surface area contributed by atoms with E-state index < -0.39 is 17.8 Å². The largest absolute Gasteiger partial charge is 0.433 e. The molecule has 0 radical (unpaired) electrons. The predicted octanol–water partition coefficient (Wildman–Crippen LogP) is 4.14. The minimum Gasteiger partial charge on any atom is -0.336 e. The molecule has 3 aromatic heterocycles. The van der Waals surface area contributed by atoms with Crippen molar-refractivity contribution in [3.63, 3.8) is 0 Å². The number of amides is 1. The molecule has 1 aromatic carbocycles. The van der Waals surface area contributed by atoms with Gasteiger partial charge in [0.25, 0.3) is 5.91 Å². The summed E-state index contributed by atoms with van der Waals surface area (Å²) in [5.74, 6) is -0.486. The summed E-state index contributed by atoms with van der Waals surface area (Å²) in [7, 11) is 3.41. The van der Waals surface area contributed by atoms with Crippen molar-refractivity contribution < 1.29 is 18.0 Å². The van der Waals surface area contributed by atoms with Crippen molar-refractivity contribution in [2.45, 2.75) is 39.4 Å². The number of aryl methyl sites for hydroxylation is 3. The molecule has 0 unspecified atom stereocenters. The average Bonchev–Trinajstić information content (AvgIpc) is 3.31. The second kappa shape index (κ2) is 7.68. The molecule has 3 heterocycles. The van der Waals surface area contributed by atoms with Gasteiger partial charge in [0.05, 0.1) is 11.4 Å². The second-order valence-corrected chi connectivity index (χ2v) is 8.68. The lowest BCUT2D eigenvalue weighted by Crippen LogP contribution is -2.27. The highest BCUT2D eigenvalue weighted by atomic mass is 19.4. The molecule has 176 valence electrons. The zero-order chi connectivity index (χ0) is 24.4. The van der Waals surface area contributed by atoms with Crippen LogP contribution in [0.25, 0.3) is 16.9 Å². The number of hydrogen-bond donors (Lipinski definition) is 0. The zero-order valence-electron chi connectivity index (χ0n) is 19.2. The topological polar surface area (TPSA) is 68.3 Å². The van der Waals surface area contributed by atoms with Gasteiger partial charge in [-0.1, -0.05) is 24.3 Å². The van der Waals surface area contributed by atoms with E-state index in [2.05, 4.69) is 15.2 Å². The van der Waals surface area contributed by atoms with Crippen LogP contribution in [0.1, 0.15) is 44.3 Å². The van der Waals surface area contributed by atoms with Crippen LogP contribution in [0.2, 0.25) is 0 Å². The number of fused-ring (bicyclic) bond motifs is 4. The highest BCUT2D eigenvalue weighted by molar-refractivity contribution is 5.93. The Morgan fingerprint density at radius 3 is 2.56 bits per heavy atom. The monoisotopic (exact) mass is 468 g/mol. The van der Waals surface area contributed by atoms with Crippen LogP contribution in [0.4, 0.5) is 13.2 Å². The molecule has 0 aliphatic heterocycles. The Morgan fingerprint density at radius 1 is 1.15 bits per heavy atom. The van der Waals surface area contributed by atoms with Crippen LogP contribution in [0.5, 0.6) is 0 Å². The van der Waals surface area contributed by atoms with Crippen LogP contribution >= 0.6 is 0 Å². The summed E-state index contributed by atoms with van der Waals surface area (Å²) >= 11 is 0. The number of carbonyl (C=O) groups is 1. The molecule has 1 aliphatic carbocycles. The Kier molecular flexibility index (Phi) is 5.00. The highest BCUT2D eigenvalue weighted by Gasteiger charge is 2.40. The molecule has 0 N–H and O–H groups in total. The summed E-state index contributed by atoms with van der Waals surface area (Å²) in [6.45, 7) is 4.02. The van der Waals surface area contributed by atoms with Crippen LogP contribution in [0, 0.1) is 13.8 Å². The van der Waals surface area contributed by atoms with Crippen LogP contribution in [0.15, 0.2) is 30.3 Å². The van der Waals surface area contributed by atoms with Crippen LogP contribution < -0.4 is 0 Å². The minimum atomic E-state index is -4.65. The first-order valence-corrected chi connectivity index (χ1v) is 10.9. The number of aromatic nitrogens is 5. The SMILES string of the molecule is Cc1nn(C)c(C)c1CN(C)C(=O)c1cc2nc3c(c(C(F)(F)F)n2n1)CCc1ccccc1-3.